The lowest BCUT2D eigenvalue weighted by molar-refractivity contribution is -0.0188. The lowest BCUT2D eigenvalue weighted by Crippen LogP contribution is -2.42. The molecular weight excluding hydrogens is 482 g/mol. The van der Waals surface area contributed by atoms with E-state index in [1.165, 1.54) is 17.2 Å². The first-order chi connectivity index (χ1) is 16.9. The second-order valence-corrected chi connectivity index (χ2v) is 11.2. The molecule has 1 aromatic carbocycles. The molecule has 9 nitrogen and oxygen atoms in total. The van der Waals surface area contributed by atoms with Crippen LogP contribution in [0.5, 0.6) is 0 Å². The molecule has 0 spiro atoms. The first-order valence-corrected chi connectivity index (χ1v) is 12.5. The van der Waals surface area contributed by atoms with E-state index >= 15 is 0 Å². The zero-order valence-corrected chi connectivity index (χ0v) is 21.8. The van der Waals surface area contributed by atoms with Gasteiger partial charge in [0.25, 0.3) is 5.56 Å². The Morgan fingerprint density at radius 3 is 2.56 bits per heavy atom. The van der Waals surface area contributed by atoms with E-state index in [2.05, 4.69) is 15.2 Å². The van der Waals surface area contributed by atoms with Crippen molar-refractivity contribution in [1.29, 1.82) is 0 Å². The van der Waals surface area contributed by atoms with Gasteiger partial charge in [0.1, 0.15) is 10.8 Å². The van der Waals surface area contributed by atoms with E-state index in [1.54, 1.807) is 6.07 Å². The molecule has 1 saturated heterocycles. The number of pyridine rings is 1. The molecule has 2 unspecified atom stereocenters. The normalized spacial score (nSPS) is 19.8. The average molecular weight is 512 g/mol. The van der Waals surface area contributed by atoms with Crippen molar-refractivity contribution in [1.82, 2.24) is 14.7 Å². The number of benzene rings is 1. The second-order valence-electron chi connectivity index (χ2n) is 10.8. The summed E-state index contributed by atoms with van der Waals surface area (Å²) in [5.74, 6) is 0.610. The largest absolute Gasteiger partial charge is 0.476 e. The fourth-order valence-electron chi connectivity index (χ4n) is 4.91. The maximum absolute atomic E-state index is 13.8. The smallest absolute Gasteiger partial charge is 0.356 e. The van der Waals surface area contributed by atoms with E-state index < -0.39 is 11.6 Å². The summed E-state index contributed by atoms with van der Waals surface area (Å²) in [7, 11) is 0. The molecule has 1 aliphatic heterocycles. The molecule has 3 heterocycles. The lowest BCUT2D eigenvalue weighted by Gasteiger charge is -2.28. The summed E-state index contributed by atoms with van der Waals surface area (Å²) < 4.78 is 1.35. The van der Waals surface area contributed by atoms with Crippen molar-refractivity contribution in [2.75, 3.05) is 23.3 Å². The van der Waals surface area contributed by atoms with Crippen LogP contribution in [-0.2, 0) is 0 Å². The minimum Gasteiger partial charge on any atom is -0.476 e. The van der Waals surface area contributed by atoms with Gasteiger partial charge in [-0.25, -0.2) is 14.8 Å². The fraction of sp³-hybridized carbons (Fsp3) is 0.462. The van der Waals surface area contributed by atoms with Gasteiger partial charge in [0.2, 0.25) is 5.95 Å². The van der Waals surface area contributed by atoms with Crippen LogP contribution in [0.4, 0.5) is 11.6 Å². The number of nitrogens with zero attached hydrogens (tertiary/aromatic N) is 4. The first kappa shape index (κ1) is 24.4. The summed E-state index contributed by atoms with van der Waals surface area (Å²) in [6.07, 6.45) is 1.22. The third kappa shape index (κ3) is 4.59. The van der Waals surface area contributed by atoms with E-state index in [9.17, 15) is 14.7 Å². The van der Waals surface area contributed by atoms with Crippen LogP contribution in [0.1, 0.15) is 61.8 Å². The highest BCUT2D eigenvalue weighted by atomic mass is 35.5. The molecule has 5 rings (SSSR count). The molecule has 0 radical (unpaired) electrons. The molecule has 2 aromatic heterocycles. The minimum atomic E-state index is -1.18. The number of hydrogen-bond acceptors (Lipinski definition) is 7. The van der Waals surface area contributed by atoms with Gasteiger partial charge in [-0.3, -0.25) is 4.79 Å². The van der Waals surface area contributed by atoms with E-state index in [0.29, 0.717) is 34.4 Å². The maximum atomic E-state index is 13.8. The Kier molecular flexibility index (Phi) is 5.86. The number of nitrogens with one attached hydrogen (secondary N) is 1. The first-order valence-electron chi connectivity index (χ1n) is 12.1. The summed E-state index contributed by atoms with van der Waals surface area (Å²) in [6.45, 7) is 11.2. The molecule has 2 aliphatic rings. The maximum Gasteiger partial charge on any atom is 0.356 e. The Labute approximate surface area is 214 Å². The summed E-state index contributed by atoms with van der Waals surface area (Å²) in [4.78, 5) is 42.7. The van der Waals surface area contributed by atoms with Crippen LogP contribution in [0.3, 0.4) is 0 Å². The number of aryl methyl sites for hydroxylation is 1. The van der Waals surface area contributed by atoms with Crippen LogP contribution >= 0.6 is 11.6 Å². The van der Waals surface area contributed by atoms with Crippen LogP contribution < -0.4 is 20.6 Å². The number of fused-ring (bicyclic) bond motifs is 2. The standard InChI is InChI=1S/C26H30ClN5O4/c1-13-8-17(14(2)28-19-6-7-20(27)29-22(19)24(34)35)21-18(9-13)23(33)32(36-26(3,4)5)25(30-21)31-11-15-10-16(15)12-31/h6-9,14-16,28H,10-12H2,1-5H3,(H,34,35)/t14-,15?,16?/m0/s1. The van der Waals surface area contributed by atoms with Crippen LogP contribution in [0, 0.1) is 18.8 Å². The lowest BCUT2D eigenvalue weighted by atomic mass is 10.0. The number of carbonyl (C=O) groups is 1. The number of aromatic nitrogens is 3. The Bertz CT molecular complexity index is 1420. The van der Waals surface area contributed by atoms with E-state index in [1.807, 2.05) is 46.8 Å². The van der Waals surface area contributed by atoms with Gasteiger partial charge in [0, 0.05) is 18.7 Å². The van der Waals surface area contributed by atoms with Crippen molar-refractivity contribution < 1.29 is 14.7 Å². The van der Waals surface area contributed by atoms with Gasteiger partial charge in [0.15, 0.2) is 5.69 Å². The summed E-state index contributed by atoms with van der Waals surface area (Å²) in [5.41, 5.74) is 1.54. The Morgan fingerprint density at radius 1 is 1.22 bits per heavy atom. The number of hydrogen-bond donors (Lipinski definition) is 2. The van der Waals surface area contributed by atoms with Gasteiger partial charge in [0.05, 0.1) is 22.6 Å². The van der Waals surface area contributed by atoms with Gasteiger partial charge in [-0.1, -0.05) is 17.7 Å². The van der Waals surface area contributed by atoms with Crippen molar-refractivity contribution >= 4 is 40.1 Å². The number of rotatable bonds is 6. The molecule has 1 saturated carbocycles. The van der Waals surface area contributed by atoms with Gasteiger partial charge in [-0.05, 0) is 76.6 Å². The topological polar surface area (TPSA) is 110 Å². The molecule has 0 amide bonds. The average Bonchev–Trinajstić information content (AvgIpc) is 3.40. The SMILES string of the molecule is Cc1cc([C@H](C)Nc2ccc(Cl)nc2C(=O)O)c2nc(N3CC4CC4C3)n(OC(C)(C)C)c(=O)c2c1. The molecular formula is C26H30ClN5O4. The van der Waals surface area contributed by atoms with Crippen molar-refractivity contribution in [3.63, 3.8) is 0 Å². The summed E-state index contributed by atoms with van der Waals surface area (Å²) >= 11 is 5.92. The molecule has 2 N–H and O–H groups in total. The van der Waals surface area contributed by atoms with E-state index in [4.69, 9.17) is 21.4 Å². The van der Waals surface area contributed by atoms with Crippen LogP contribution in [0.2, 0.25) is 5.15 Å². The predicted octanol–water partition coefficient (Wildman–Crippen LogP) is 4.31. The number of carboxylic acids is 1. The van der Waals surface area contributed by atoms with Crippen molar-refractivity contribution in [3.8, 4) is 0 Å². The third-order valence-corrected chi connectivity index (χ3v) is 6.83. The highest BCUT2D eigenvalue weighted by Gasteiger charge is 2.46. The van der Waals surface area contributed by atoms with Crippen molar-refractivity contribution in [3.05, 3.63) is 56.6 Å². The third-order valence-electron chi connectivity index (χ3n) is 6.62. The zero-order chi connectivity index (χ0) is 25.9. The Morgan fingerprint density at radius 2 is 1.92 bits per heavy atom. The Hall–Kier alpha value is -3.33. The second kappa shape index (κ2) is 8.65. The summed E-state index contributed by atoms with van der Waals surface area (Å²) in [5, 5.41) is 13.4. The van der Waals surface area contributed by atoms with Crippen LogP contribution in [-0.4, -0.2) is 44.5 Å². The quantitative estimate of drug-likeness (QED) is 0.471. The van der Waals surface area contributed by atoms with Gasteiger partial charge in [-0.15, -0.1) is 4.73 Å². The van der Waals surface area contributed by atoms with E-state index in [-0.39, 0.29) is 22.4 Å². The summed E-state index contributed by atoms with van der Waals surface area (Å²) in [6, 6.07) is 6.54. The molecule has 10 heteroatoms. The number of carboxylic acid groups (broad SMARTS) is 1. The molecule has 3 aromatic rings. The molecule has 0 bridgehead atoms. The zero-order valence-electron chi connectivity index (χ0n) is 21.0. The number of piperidine rings is 1. The molecule has 190 valence electrons. The van der Waals surface area contributed by atoms with Crippen LogP contribution in [0.25, 0.3) is 10.9 Å². The minimum absolute atomic E-state index is 0.0981. The fourth-order valence-corrected chi connectivity index (χ4v) is 5.06. The number of aromatic carboxylic acids is 1. The predicted molar refractivity (Wildman–Crippen MR) is 139 cm³/mol. The van der Waals surface area contributed by atoms with Gasteiger partial charge >= 0.3 is 5.97 Å². The van der Waals surface area contributed by atoms with E-state index in [0.717, 1.165) is 24.2 Å². The van der Waals surface area contributed by atoms with Gasteiger partial charge in [-0.2, -0.15) is 0 Å². The van der Waals surface area contributed by atoms with Crippen LogP contribution in [0.15, 0.2) is 29.1 Å². The van der Waals surface area contributed by atoms with Crippen molar-refractivity contribution in [2.24, 2.45) is 11.8 Å². The highest BCUT2D eigenvalue weighted by molar-refractivity contribution is 6.29. The molecule has 1 aliphatic carbocycles. The van der Waals surface area contributed by atoms with Gasteiger partial charge < -0.3 is 20.2 Å². The van der Waals surface area contributed by atoms with Crippen molar-refractivity contribution in [2.45, 2.75) is 52.7 Å². The highest BCUT2D eigenvalue weighted by Crippen LogP contribution is 2.46. The molecule has 36 heavy (non-hydrogen) atoms. The number of anilines is 2. The molecule has 3 atom stereocenters. The monoisotopic (exact) mass is 511 g/mol. The number of halogens is 1. The Balaban J connectivity index is 1.64. The molecule has 2 fully saturated rings.